The van der Waals surface area contributed by atoms with Gasteiger partial charge in [-0.15, -0.1) is 12.4 Å². The summed E-state index contributed by atoms with van der Waals surface area (Å²) in [7, 11) is 0. The van der Waals surface area contributed by atoms with E-state index in [9.17, 15) is 9.59 Å². The normalized spacial score (nSPS) is 23.2. The maximum atomic E-state index is 13.0. The van der Waals surface area contributed by atoms with Crippen LogP contribution in [-0.4, -0.2) is 42.8 Å². The first-order valence-electron chi connectivity index (χ1n) is 10.4. The number of piperidine rings is 1. The zero-order valence-corrected chi connectivity index (χ0v) is 17.4. The highest BCUT2D eigenvalue weighted by molar-refractivity contribution is 6.01. The molecule has 2 heterocycles. The van der Waals surface area contributed by atoms with Crippen molar-refractivity contribution in [2.75, 3.05) is 26.2 Å². The van der Waals surface area contributed by atoms with Crippen LogP contribution in [0.4, 0.5) is 0 Å². The first-order chi connectivity index (χ1) is 13.6. The van der Waals surface area contributed by atoms with Gasteiger partial charge in [0.05, 0.1) is 0 Å². The predicted molar refractivity (Wildman–Crippen MR) is 117 cm³/mol. The Morgan fingerprint density at radius 2 is 1.79 bits per heavy atom. The van der Waals surface area contributed by atoms with E-state index in [0.717, 1.165) is 66.8 Å². The van der Waals surface area contributed by atoms with Crippen LogP contribution in [0.5, 0.6) is 0 Å². The molecule has 4 nitrogen and oxygen atoms in total. The summed E-state index contributed by atoms with van der Waals surface area (Å²) in [5, 5.41) is 3.47. The molecule has 2 aromatic rings. The van der Waals surface area contributed by atoms with E-state index in [-0.39, 0.29) is 29.5 Å². The number of fused-ring (bicyclic) bond motifs is 1. The number of amides is 1. The molecule has 3 aliphatic rings. The van der Waals surface area contributed by atoms with Crippen LogP contribution >= 0.6 is 12.4 Å². The highest BCUT2D eigenvalue weighted by Crippen LogP contribution is 2.36. The van der Waals surface area contributed by atoms with Crippen molar-refractivity contribution in [3.63, 3.8) is 0 Å². The van der Waals surface area contributed by atoms with Gasteiger partial charge in [0.1, 0.15) is 0 Å². The maximum Gasteiger partial charge on any atom is 0.253 e. The van der Waals surface area contributed by atoms with Crippen LogP contribution in [-0.2, 0) is 6.42 Å². The number of benzene rings is 2. The van der Waals surface area contributed by atoms with E-state index in [2.05, 4.69) is 11.4 Å². The molecule has 2 saturated heterocycles. The third-order valence-corrected chi connectivity index (χ3v) is 6.77. The second-order valence-electron chi connectivity index (χ2n) is 8.63. The molecule has 152 valence electrons. The highest BCUT2D eigenvalue weighted by atomic mass is 35.5. The molecule has 1 N–H and O–H groups in total. The highest BCUT2D eigenvalue weighted by Gasteiger charge is 2.39. The summed E-state index contributed by atoms with van der Waals surface area (Å²) in [5.41, 5.74) is 5.27. The van der Waals surface area contributed by atoms with Crippen LogP contribution in [0.25, 0.3) is 11.1 Å². The van der Waals surface area contributed by atoms with Crippen molar-refractivity contribution in [2.24, 2.45) is 5.41 Å². The van der Waals surface area contributed by atoms with E-state index in [1.54, 1.807) is 0 Å². The number of aryl methyl sites for hydroxylation is 1. The number of hydrogen-bond donors (Lipinski definition) is 1. The molecule has 0 bridgehead atoms. The van der Waals surface area contributed by atoms with Crippen LogP contribution in [0.1, 0.15) is 52.0 Å². The molecular formula is C24H27ClN2O2. The zero-order chi connectivity index (χ0) is 19.1. The van der Waals surface area contributed by atoms with E-state index < -0.39 is 0 Å². The summed E-state index contributed by atoms with van der Waals surface area (Å²) in [5.74, 6) is 0.399. The van der Waals surface area contributed by atoms with Crippen molar-refractivity contribution in [2.45, 2.75) is 32.1 Å². The van der Waals surface area contributed by atoms with Gasteiger partial charge >= 0.3 is 0 Å². The van der Waals surface area contributed by atoms with Crippen LogP contribution in [0.3, 0.4) is 0 Å². The minimum Gasteiger partial charge on any atom is -0.338 e. The lowest BCUT2D eigenvalue weighted by Gasteiger charge is -2.40. The topological polar surface area (TPSA) is 49.4 Å². The number of carbonyl (C=O) groups is 2. The molecule has 1 spiro atoms. The van der Waals surface area contributed by atoms with Crippen molar-refractivity contribution >= 4 is 24.1 Å². The zero-order valence-electron chi connectivity index (χ0n) is 16.6. The summed E-state index contributed by atoms with van der Waals surface area (Å²) >= 11 is 0. The van der Waals surface area contributed by atoms with E-state index >= 15 is 0 Å². The molecule has 5 heteroatoms. The Kier molecular flexibility index (Phi) is 5.50. The van der Waals surface area contributed by atoms with Crippen molar-refractivity contribution in [3.8, 4) is 11.1 Å². The molecule has 1 aliphatic carbocycles. The monoisotopic (exact) mass is 410 g/mol. The fourth-order valence-corrected chi connectivity index (χ4v) is 5.15. The molecule has 5 rings (SSSR count). The molecule has 1 unspecified atom stereocenters. The Bertz CT molecular complexity index is 932. The predicted octanol–water partition coefficient (Wildman–Crippen LogP) is 4.12. The quantitative estimate of drug-likeness (QED) is 0.810. The molecule has 2 aliphatic heterocycles. The number of rotatable bonds is 2. The third kappa shape index (κ3) is 3.72. The van der Waals surface area contributed by atoms with Gasteiger partial charge in [0, 0.05) is 42.6 Å². The number of carbonyl (C=O) groups excluding carboxylic acids is 2. The van der Waals surface area contributed by atoms with Gasteiger partial charge in [-0.2, -0.15) is 0 Å². The number of nitrogens with one attached hydrogen (secondary N) is 1. The molecule has 1 atom stereocenters. The summed E-state index contributed by atoms with van der Waals surface area (Å²) in [6.07, 6.45) is 4.96. The third-order valence-electron chi connectivity index (χ3n) is 6.77. The number of halogens is 1. The molecule has 0 saturated carbocycles. The number of nitrogens with zero attached hydrogens (tertiary/aromatic N) is 1. The second kappa shape index (κ2) is 7.92. The van der Waals surface area contributed by atoms with Gasteiger partial charge in [-0.1, -0.05) is 30.3 Å². The van der Waals surface area contributed by atoms with Gasteiger partial charge in [-0.05, 0) is 61.1 Å². The van der Waals surface area contributed by atoms with Gasteiger partial charge in [0.2, 0.25) is 0 Å². The van der Waals surface area contributed by atoms with Crippen molar-refractivity contribution in [3.05, 3.63) is 59.2 Å². The molecular weight excluding hydrogens is 384 g/mol. The number of hydrogen-bond acceptors (Lipinski definition) is 3. The van der Waals surface area contributed by atoms with Crippen LogP contribution < -0.4 is 5.32 Å². The SMILES string of the molecule is Cl.O=C1CCc2cc(-c3ccc(C(=O)N4CCCC5(CCNC5)C4)cc3)ccc21. The van der Waals surface area contributed by atoms with Gasteiger partial charge in [0.25, 0.3) is 5.91 Å². The standard InChI is InChI=1S/C24H26N2O2.ClH/c27-22-9-7-20-14-19(6-8-21(20)22)17-2-4-18(5-3-17)23(28)26-13-1-10-24(16-26)11-12-25-15-24;/h2-6,8,14,25H,1,7,9-13,15-16H2;1H. The Labute approximate surface area is 178 Å². The van der Waals surface area contributed by atoms with Gasteiger partial charge in [-0.3, -0.25) is 9.59 Å². The summed E-state index contributed by atoms with van der Waals surface area (Å²) in [4.78, 5) is 26.9. The molecule has 29 heavy (non-hydrogen) atoms. The Morgan fingerprint density at radius 3 is 2.55 bits per heavy atom. The lowest BCUT2D eigenvalue weighted by molar-refractivity contribution is 0.0553. The fourth-order valence-electron chi connectivity index (χ4n) is 5.15. The van der Waals surface area contributed by atoms with E-state index in [1.165, 1.54) is 12.8 Å². The fraction of sp³-hybridized carbons (Fsp3) is 0.417. The van der Waals surface area contributed by atoms with Gasteiger partial charge in [0.15, 0.2) is 5.78 Å². The van der Waals surface area contributed by atoms with Crippen LogP contribution in [0.15, 0.2) is 42.5 Å². The summed E-state index contributed by atoms with van der Waals surface area (Å²) in [6, 6.07) is 14.0. The lowest BCUT2D eigenvalue weighted by atomic mass is 9.79. The largest absolute Gasteiger partial charge is 0.338 e. The Balaban J connectivity index is 0.00000205. The Morgan fingerprint density at radius 1 is 1.00 bits per heavy atom. The van der Waals surface area contributed by atoms with Crippen molar-refractivity contribution in [1.82, 2.24) is 10.2 Å². The lowest BCUT2D eigenvalue weighted by Crippen LogP contribution is -2.47. The van der Waals surface area contributed by atoms with Crippen molar-refractivity contribution < 1.29 is 9.59 Å². The number of likely N-dealkylation sites (tertiary alicyclic amines) is 1. The first kappa shape index (κ1) is 20.1. The second-order valence-corrected chi connectivity index (χ2v) is 8.63. The van der Waals surface area contributed by atoms with E-state index in [4.69, 9.17) is 0 Å². The minimum atomic E-state index is 0. The maximum absolute atomic E-state index is 13.0. The first-order valence-corrected chi connectivity index (χ1v) is 10.4. The average molecular weight is 411 g/mol. The van der Waals surface area contributed by atoms with Gasteiger partial charge in [-0.25, -0.2) is 0 Å². The van der Waals surface area contributed by atoms with Crippen LogP contribution in [0.2, 0.25) is 0 Å². The van der Waals surface area contributed by atoms with Crippen LogP contribution in [0, 0.1) is 5.41 Å². The summed E-state index contributed by atoms with van der Waals surface area (Å²) < 4.78 is 0. The molecule has 0 aromatic heterocycles. The molecule has 2 aromatic carbocycles. The van der Waals surface area contributed by atoms with E-state index in [1.807, 2.05) is 41.3 Å². The summed E-state index contributed by atoms with van der Waals surface area (Å²) in [6.45, 7) is 3.85. The Hall–Kier alpha value is -2.17. The van der Waals surface area contributed by atoms with E-state index in [0.29, 0.717) is 6.42 Å². The van der Waals surface area contributed by atoms with Crippen molar-refractivity contribution in [1.29, 1.82) is 0 Å². The smallest absolute Gasteiger partial charge is 0.253 e. The minimum absolute atomic E-state index is 0. The average Bonchev–Trinajstić information content (AvgIpc) is 3.34. The van der Waals surface area contributed by atoms with Gasteiger partial charge < -0.3 is 10.2 Å². The molecule has 0 radical (unpaired) electrons. The number of Topliss-reactive ketones (excluding diaryl/α,β-unsaturated/α-hetero) is 1. The molecule has 2 fully saturated rings. The molecule has 1 amide bonds. The number of ketones is 1.